The number of aromatic amines is 1. The highest BCUT2D eigenvalue weighted by molar-refractivity contribution is 14.1. The first kappa shape index (κ1) is 10.3. The predicted octanol–water partition coefficient (Wildman–Crippen LogP) is 1.22. The zero-order chi connectivity index (χ0) is 10.8. The zero-order valence-electron chi connectivity index (χ0n) is 8.24. The minimum Gasteiger partial charge on any atom is -0.372 e. The third-order valence-electron chi connectivity index (χ3n) is 1.90. The van der Waals surface area contributed by atoms with Crippen LogP contribution in [-0.2, 0) is 0 Å². The molecule has 6 nitrogen and oxygen atoms in total. The summed E-state index contributed by atoms with van der Waals surface area (Å²) >= 11 is 2.21. The van der Waals surface area contributed by atoms with Gasteiger partial charge in [0.1, 0.15) is 11.5 Å². The fourth-order valence-corrected chi connectivity index (χ4v) is 1.66. The number of nitrogens with zero attached hydrogens (tertiary/aromatic N) is 4. The summed E-state index contributed by atoms with van der Waals surface area (Å²) in [5, 5.41) is 13.2. The van der Waals surface area contributed by atoms with Gasteiger partial charge in [-0.1, -0.05) is 0 Å². The Morgan fingerprint density at radius 1 is 1.40 bits per heavy atom. The van der Waals surface area contributed by atoms with E-state index in [0.717, 1.165) is 15.1 Å². The van der Waals surface area contributed by atoms with Crippen LogP contribution in [0.1, 0.15) is 5.69 Å². The van der Waals surface area contributed by atoms with Crippen molar-refractivity contribution in [2.45, 2.75) is 6.92 Å². The molecule has 0 unspecified atom stereocenters. The van der Waals surface area contributed by atoms with Crippen molar-refractivity contribution in [3.05, 3.63) is 15.5 Å². The zero-order valence-corrected chi connectivity index (χ0v) is 10.4. The lowest BCUT2D eigenvalue weighted by Gasteiger charge is -2.06. The molecule has 2 aromatic rings. The molecule has 15 heavy (non-hydrogen) atoms. The molecule has 0 spiro atoms. The van der Waals surface area contributed by atoms with Gasteiger partial charge in [-0.25, -0.2) is 9.97 Å². The SMILES string of the molecule is CNc1nc(-c2cn[nH]n2)nc(C)c1I. The van der Waals surface area contributed by atoms with Gasteiger partial charge in [-0.05, 0) is 29.5 Å². The Balaban J connectivity index is 2.55. The lowest BCUT2D eigenvalue weighted by atomic mass is 10.3. The smallest absolute Gasteiger partial charge is 0.184 e. The number of H-pyrrole nitrogens is 1. The van der Waals surface area contributed by atoms with Crippen LogP contribution in [-0.4, -0.2) is 32.4 Å². The minimum absolute atomic E-state index is 0.575. The second kappa shape index (κ2) is 4.09. The van der Waals surface area contributed by atoms with Crippen LogP contribution in [0.2, 0.25) is 0 Å². The van der Waals surface area contributed by atoms with E-state index in [0.29, 0.717) is 11.5 Å². The summed E-state index contributed by atoms with van der Waals surface area (Å²) in [7, 11) is 1.83. The van der Waals surface area contributed by atoms with E-state index >= 15 is 0 Å². The second-order valence-corrected chi connectivity index (χ2v) is 3.98. The largest absolute Gasteiger partial charge is 0.372 e. The number of rotatable bonds is 2. The summed E-state index contributed by atoms with van der Waals surface area (Å²) in [6.07, 6.45) is 1.60. The average Bonchev–Trinajstić information content (AvgIpc) is 2.75. The molecule has 0 atom stereocenters. The quantitative estimate of drug-likeness (QED) is 0.815. The van der Waals surface area contributed by atoms with E-state index in [2.05, 4.69) is 53.3 Å². The van der Waals surface area contributed by atoms with Gasteiger partial charge in [0.25, 0.3) is 0 Å². The van der Waals surface area contributed by atoms with Crippen LogP contribution in [0, 0.1) is 10.5 Å². The summed E-state index contributed by atoms with van der Waals surface area (Å²) < 4.78 is 1.02. The normalized spacial score (nSPS) is 10.3. The van der Waals surface area contributed by atoms with E-state index in [1.165, 1.54) is 0 Å². The molecule has 2 heterocycles. The molecule has 7 heteroatoms. The van der Waals surface area contributed by atoms with Crippen LogP contribution in [0.15, 0.2) is 6.20 Å². The van der Waals surface area contributed by atoms with Crippen LogP contribution < -0.4 is 5.32 Å². The first-order valence-electron chi connectivity index (χ1n) is 4.30. The lowest BCUT2D eigenvalue weighted by molar-refractivity contribution is 0.937. The Hall–Kier alpha value is -1.25. The number of hydrogen-bond acceptors (Lipinski definition) is 5. The number of anilines is 1. The maximum atomic E-state index is 4.34. The Morgan fingerprint density at radius 2 is 2.20 bits per heavy atom. The molecule has 0 bridgehead atoms. The van der Waals surface area contributed by atoms with Gasteiger partial charge in [-0.3, -0.25) is 0 Å². The maximum absolute atomic E-state index is 4.34. The molecule has 0 aromatic carbocycles. The van der Waals surface area contributed by atoms with E-state index < -0.39 is 0 Å². The van der Waals surface area contributed by atoms with Crippen LogP contribution in [0.3, 0.4) is 0 Å². The number of hydrogen-bond donors (Lipinski definition) is 2. The molecule has 0 saturated heterocycles. The Kier molecular flexibility index (Phi) is 2.80. The molecule has 2 N–H and O–H groups in total. The fraction of sp³-hybridized carbons (Fsp3) is 0.250. The molecule has 2 aromatic heterocycles. The third kappa shape index (κ3) is 1.91. The average molecular weight is 316 g/mol. The van der Waals surface area contributed by atoms with E-state index in [4.69, 9.17) is 0 Å². The third-order valence-corrected chi connectivity index (χ3v) is 3.19. The molecule has 0 radical (unpaired) electrons. The number of nitrogens with one attached hydrogen (secondary N) is 2. The van der Waals surface area contributed by atoms with E-state index in [1.54, 1.807) is 6.20 Å². The standard InChI is InChI=1S/C8H9IN6/c1-4-6(9)8(10-2)13-7(12-4)5-3-11-15-14-5/h3H,1-2H3,(H,10,12,13)(H,11,14,15). The van der Waals surface area contributed by atoms with Crippen molar-refractivity contribution in [2.24, 2.45) is 0 Å². The summed E-state index contributed by atoms with van der Waals surface area (Å²) in [5.41, 5.74) is 1.57. The van der Waals surface area contributed by atoms with Crippen molar-refractivity contribution >= 4 is 28.4 Å². The second-order valence-electron chi connectivity index (χ2n) is 2.90. The number of aromatic nitrogens is 5. The first-order valence-corrected chi connectivity index (χ1v) is 5.38. The highest BCUT2D eigenvalue weighted by atomic mass is 127. The van der Waals surface area contributed by atoms with Crippen molar-refractivity contribution in [1.82, 2.24) is 25.4 Å². The number of halogens is 1. The molecule has 0 amide bonds. The Morgan fingerprint density at radius 3 is 2.80 bits per heavy atom. The monoisotopic (exact) mass is 316 g/mol. The van der Waals surface area contributed by atoms with Crippen LogP contribution >= 0.6 is 22.6 Å². The van der Waals surface area contributed by atoms with Gasteiger partial charge in [0.05, 0.1) is 15.5 Å². The molecule has 0 aliphatic rings. The maximum Gasteiger partial charge on any atom is 0.184 e. The molecule has 0 aliphatic carbocycles. The predicted molar refractivity (Wildman–Crippen MR) is 64.4 cm³/mol. The molecular formula is C8H9IN6. The lowest BCUT2D eigenvalue weighted by Crippen LogP contribution is -2.02. The molecule has 78 valence electrons. The van der Waals surface area contributed by atoms with Gasteiger partial charge in [0, 0.05) is 7.05 Å². The molecule has 0 fully saturated rings. The molecule has 0 saturated carbocycles. The van der Waals surface area contributed by atoms with Crippen molar-refractivity contribution in [1.29, 1.82) is 0 Å². The minimum atomic E-state index is 0.575. The van der Waals surface area contributed by atoms with Crippen LogP contribution in [0.25, 0.3) is 11.5 Å². The highest BCUT2D eigenvalue weighted by Gasteiger charge is 2.10. The van der Waals surface area contributed by atoms with Crippen LogP contribution in [0.5, 0.6) is 0 Å². The van der Waals surface area contributed by atoms with E-state index in [1.807, 2.05) is 14.0 Å². The summed E-state index contributed by atoms with van der Waals surface area (Å²) in [6.45, 7) is 1.94. The molecule has 0 aliphatic heterocycles. The van der Waals surface area contributed by atoms with Gasteiger partial charge in [0.15, 0.2) is 5.82 Å². The van der Waals surface area contributed by atoms with Crippen molar-refractivity contribution in [3.63, 3.8) is 0 Å². The van der Waals surface area contributed by atoms with E-state index in [9.17, 15) is 0 Å². The molecular weight excluding hydrogens is 307 g/mol. The van der Waals surface area contributed by atoms with Gasteiger partial charge in [-0.2, -0.15) is 15.4 Å². The van der Waals surface area contributed by atoms with Crippen molar-refractivity contribution in [3.8, 4) is 11.5 Å². The Labute approximate surface area is 100 Å². The highest BCUT2D eigenvalue weighted by Crippen LogP contribution is 2.21. The van der Waals surface area contributed by atoms with Gasteiger partial charge in [-0.15, -0.1) is 0 Å². The van der Waals surface area contributed by atoms with Crippen LogP contribution in [0.4, 0.5) is 5.82 Å². The molecule has 2 rings (SSSR count). The fourth-order valence-electron chi connectivity index (χ4n) is 1.15. The number of aryl methyl sites for hydroxylation is 1. The van der Waals surface area contributed by atoms with Crippen molar-refractivity contribution in [2.75, 3.05) is 12.4 Å². The van der Waals surface area contributed by atoms with Gasteiger partial charge < -0.3 is 5.32 Å². The van der Waals surface area contributed by atoms with Gasteiger partial charge in [0.2, 0.25) is 0 Å². The van der Waals surface area contributed by atoms with Crippen molar-refractivity contribution < 1.29 is 0 Å². The summed E-state index contributed by atoms with van der Waals surface area (Å²) in [5.74, 6) is 1.38. The van der Waals surface area contributed by atoms with Gasteiger partial charge >= 0.3 is 0 Å². The van der Waals surface area contributed by atoms with E-state index in [-0.39, 0.29) is 0 Å². The summed E-state index contributed by atoms with van der Waals surface area (Å²) in [6, 6.07) is 0. The Bertz CT molecular complexity index is 466. The summed E-state index contributed by atoms with van der Waals surface area (Å²) in [4.78, 5) is 8.68. The topological polar surface area (TPSA) is 79.4 Å². The first-order chi connectivity index (χ1) is 7.22.